The summed E-state index contributed by atoms with van der Waals surface area (Å²) >= 11 is 0. The van der Waals surface area contributed by atoms with Crippen molar-refractivity contribution < 1.29 is 9.53 Å². The molecule has 1 unspecified atom stereocenters. The van der Waals surface area contributed by atoms with Gasteiger partial charge in [-0.15, -0.1) is 0 Å². The first-order valence-electron chi connectivity index (χ1n) is 8.68. The molecule has 6 heteroatoms. The molecule has 0 spiro atoms. The zero-order chi connectivity index (χ0) is 18.1. The summed E-state index contributed by atoms with van der Waals surface area (Å²) in [6.45, 7) is 14.4. The Morgan fingerprint density at radius 3 is 2.62 bits per heavy atom. The fourth-order valence-corrected chi connectivity index (χ4v) is 3.27. The van der Waals surface area contributed by atoms with E-state index < -0.39 is 5.60 Å². The molecule has 0 aromatic carbocycles. The zero-order valence-corrected chi connectivity index (χ0v) is 16.1. The van der Waals surface area contributed by atoms with E-state index in [1.807, 2.05) is 44.3 Å². The quantitative estimate of drug-likeness (QED) is 0.922. The molecule has 1 N–H and O–H groups in total. The van der Waals surface area contributed by atoms with Gasteiger partial charge in [-0.25, -0.2) is 4.79 Å². The first kappa shape index (κ1) is 18.8. The van der Waals surface area contributed by atoms with E-state index in [1.54, 1.807) is 0 Å². The third-order valence-electron chi connectivity index (χ3n) is 4.54. The van der Waals surface area contributed by atoms with Gasteiger partial charge in [0.2, 0.25) is 0 Å². The van der Waals surface area contributed by atoms with Gasteiger partial charge in [0, 0.05) is 44.5 Å². The third-order valence-corrected chi connectivity index (χ3v) is 4.54. The van der Waals surface area contributed by atoms with Gasteiger partial charge in [0.1, 0.15) is 5.60 Å². The molecule has 1 aromatic rings. The van der Waals surface area contributed by atoms with E-state index in [4.69, 9.17) is 4.74 Å². The lowest BCUT2D eigenvalue weighted by Crippen LogP contribution is -2.56. The molecule has 0 bridgehead atoms. The highest BCUT2D eigenvalue weighted by atomic mass is 16.6. The summed E-state index contributed by atoms with van der Waals surface area (Å²) in [4.78, 5) is 14.1. The van der Waals surface area contributed by atoms with Crippen LogP contribution >= 0.6 is 0 Å². The summed E-state index contributed by atoms with van der Waals surface area (Å²) < 4.78 is 7.36. The highest BCUT2D eigenvalue weighted by Gasteiger charge is 2.38. The second kappa shape index (κ2) is 6.75. The molecule has 2 heterocycles. The second-order valence-corrected chi connectivity index (χ2v) is 8.53. The smallest absolute Gasteiger partial charge is 0.410 e. The summed E-state index contributed by atoms with van der Waals surface area (Å²) in [5, 5.41) is 8.05. The minimum Gasteiger partial charge on any atom is -0.444 e. The minimum absolute atomic E-state index is 0.00866. The number of hydrogen-bond acceptors (Lipinski definition) is 4. The van der Waals surface area contributed by atoms with Crippen molar-refractivity contribution in [3.05, 3.63) is 17.5 Å². The lowest BCUT2D eigenvalue weighted by Gasteiger charge is -2.44. The predicted molar refractivity (Wildman–Crippen MR) is 94.8 cm³/mol. The fraction of sp³-hybridized carbons (Fsp3) is 0.778. The average molecular weight is 336 g/mol. The van der Waals surface area contributed by atoms with Crippen LogP contribution in [-0.2, 0) is 18.3 Å². The van der Waals surface area contributed by atoms with Crippen LogP contribution in [0.5, 0.6) is 0 Å². The number of carbonyl (C=O) groups excluding carboxylic acids is 1. The molecule has 136 valence electrons. The Morgan fingerprint density at radius 1 is 1.46 bits per heavy atom. The van der Waals surface area contributed by atoms with Gasteiger partial charge in [-0.2, -0.15) is 5.10 Å². The number of piperidine rings is 1. The van der Waals surface area contributed by atoms with Crippen LogP contribution in [0.2, 0.25) is 0 Å². The van der Waals surface area contributed by atoms with Crippen molar-refractivity contribution in [1.82, 2.24) is 20.0 Å². The number of amides is 1. The largest absolute Gasteiger partial charge is 0.444 e. The lowest BCUT2D eigenvalue weighted by atomic mass is 9.79. The maximum Gasteiger partial charge on any atom is 0.410 e. The molecule has 1 aliphatic rings. The zero-order valence-electron chi connectivity index (χ0n) is 16.1. The number of ether oxygens (including phenoxy) is 1. The van der Waals surface area contributed by atoms with Crippen molar-refractivity contribution >= 4 is 6.09 Å². The molecule has 1 aliphatic heterocycles. The van der Waals surface area contributed by atoms with Crippen LogP contribution in [0.25, 0.3) is 0 Å². The average Bonchev–Trinajstić information content (AvgIpc) is 2.72. The molecule has 1 saturated heterocycles. The summed E-state index contributed by atoms with van der Waals surface area (Å²) in [5.74, 6) is 0. The molecule has 1 fully saturated rings. The van der Waals surface area contributed by atoms with Crippen molar-refractivity contribution in [3.8, 4) is 0 Å². The van der Waals surface area contributed by atoms with Crippen LogP contribution in [0.3, 0.4) is 0 Å². The van der Waals surface area contributed by atoms with Crippen LogP contribution in [0.15, 0.2) is 6.20 Å². The summed E-state index contributed by atoms with van der Waals surface area (Å²) in [5.41, 5.74) is 1.83. The first-order chi connectivity index (χ1) is 11.0. The standard InChI is InChI=1S/C18H32N4O2/c1-13-14(11-21(7)20-13)10-19-15-8-9-22(12-18(15,5)6)16(23)24-17(2,3)4/h11,15,19H,8-10,12H2,1-7H3. The van der Waals surface area contributed by atoms with E-state index in [0.717, 1.165) is 25.2 Å². The molecule has 2 rings (SSSR count). The van der Waals surface area contributed by atoms with Crippen LogP contribution in [0.4, 0.5) is 4.79 Å². The normalized spacial score (nSPS) is 21.0. The number of nitrogens with one attached hydrogen (secondary N) is 1. The molecule has 1 amide bonds. The number of nitrogens with zero attached hydrogens (tertiary/aromatic N) is 3. The predicted octanol–water partition coefficient (Wildman–Crippen LogP) is 2.85. The van der Waals surface area contributed by atoms with Crippen LogP contribution < -0.4 is 5.32 Å². The van der Waals surface area contributed by atoms with Gasteiger partial charge in [-0.05, 0) is 39.5 Å². The van der Waals surface area contributed by atoms with Crippen LogP contribution in [-0.4, -0.2) is 45.5 Å². The molecule has 0 saturated carbocycles. The van der Waals surface area contributed by atoms with Crippen molar-refractivity contribution in [3.63, 3.8) is 0 Å². The molecule has 1 atom stereocenters. The summed E-state index contributed by atoms with van der Waals surface area (Å²) in [7, 11) is 1.94. The van der Waals surface area contributed by atoms with E-state index in [9.17, 15) is 4.79 Å². The summed E-state index contributed by atoms with van der Waals surface area (Å²) in [6.07, 6.45) is 2.77. The topological polar surface area (TPSA) is 59.4 Å². The van der Waals surface area contributed by atoms with E-state index in [2.05, 4.69) is 30.5 Å². The number of aromatic nitrogens is 2. The van der Waals surface area contributed by atoms with Crippen molar-refractivity contribution in [2.24, 2.45) is 12.5 Å². The number of likely N-dealkylation sites (tertiary alicyclic amines) is 1. The Morgan fingerprint density at radius 2 is 2.12 bits per heavy atom. The van der Waals surface area contributed by atoms with Crippen molar-refractivity contribution in [1.29, 1.82) is 0 Å². The van der Waals surface area contributed by atoms with E-state index in [1.165, 1.54) is 5.56 Å². The molecule has 6 nitrogen and oxygen atoms in total. The van der Waals surface area contributed by atoms with Gasteiger partial charge in [-0.1, -0.05) is 13.8 Å². The molecular weight excluding hydrogens is 304 g/mol. The number of carbonyl (C=O) groups is 1. The van der Waals surface area contributed by atoms with E-state index in [-0.39, 0.29) is 11.5 Å². The van der Waals surface area contributed by atoms with Gasteiger partial charge in [0.05, 0.1) is 5.69 Å². The second-order valence-electron chi connectivity index (χ2n) is 8.53. The SMILES string of the molecule is Cc1nn(C)cc1CNC1CCN(C(=O)OC(C)(C)C)CC1(C)C. The Bertz CT molecular complexity index is 586. The van der Waals surface area contributed by atoms with Gasteiger partial charge >= 0.3 is 6.09 Å². The monoisotopic (exact) mass is 336 g/mol. The van der Waals surface area contributed by atoms with Crippen LogP contribution in [0, 0.1) is 12.3 Å². The Labute approximate surface area is 145 Å². The van der Waals surface area contributed by atoms with Gasteiger partial charge < -0.3 is 15.0 Å². The first-order valence-corrected chi connectivity index (χ1v) is 8.68. The Kier molecular flexibility index (Phi) is 5.28. The lowest BCUT2D eigenvalue weighted by molar-refractivity contribution is 0.00207. The molecule has 24 heavy (non-hydrogen) atoms. The number of hydrogen-bond donors (Lipinski definition) is 1. The van der Waals surface area contributed by atoms with Crippen molar-refractivity contribution in [2.45, 2.75) is 66.2 Å². The van der Waals surface area contributed by atoms with Gasteiger partial charge in [0.25, 0.3) is 0 Å². The van der Waals surface area contributed by atoms with E-state index >= 15 is 0 Å². The third kappa shape index (κ3) is 4.72. The highest BCUT2D eigenvalue weighted by Crippen LogP contribution is 2.30. The number of aryl methyl sites for hydroxylation is 2. The van der Waals surface area contributed by atoms with Crippen LogP contribution in [0.1, 0.15) is 52.3 Å². The maximum atomic E-state index is 12.3. The van der Waals surface area contributed by atoms with Crippen molar-refractivity contribution in [2.75, 3.05) is 13.1 Å². The van der Waals surface area contributed by atoms with Gasteiger partial charge in [0.15, 0.2) is 0 Å². The van der Waals surface area contributed by atoms with Gasteiger partial charge in [-0.3, -0.25) is 4.68 Å². The Hall–Kier alpha value is -1.56. The maximum absolute atomic E-state index is 12.3. The molecule has 0 aliphatic carbocycles. The molecular formula is C18H32N4O2. The fourth-order valence-electron chi connectivity index (χ4n) is 3.27. The number of rotatable bonds is 3. The molecule has 0 radical (unpaired) electrons. The highest BCUT2D eigenvalue weighted by molar-refractivity contribution is 5.68. The minimum atomic E-state index is -0.450. The summed E-state index contributed by atoms with van der Waals surface area (Å²) in [6, 6.07) is 0.357. The molecule has 1 aromatic heterocycles. The van der Waals surface area contributed by atoms with E-state index in [0.29, 0.717) is 12.6 Å². The Balaban J connectivity index is 1.93.